The lowest BCUT2D eigenvalue weighted by atomic mass is 10.1. The van der Waals surface area contributed by atoms with Crippen molar-refractivity contribution in [1.82, 2.24) is 20.8 Å². The van der Waals surface area contributed by atoms with E-state index >= 15 is 0 Å². The van der Waals surface area contributed by atoms with E-state index in [0.29, 0.717) is 22.9 Å². The summed E-state index contributed by atoms with van der Waals surface area (Å²) in [4.78, 5) is 24.4. The van der Waals surface area contributed by atoms with Crippen molar-refractivity contribution < 1.29 is 18.7 Å². The molecule has 0 aliphatic carbocycles. The molecule has 0 fully saturated rings. The second kappa shape index (κ2) is 10.7. The van der Waals surface area contributed by atoms with Gasteiger partial charge < -0.3 is 14.5 Å². The molecular weight excluding hydrogens is 428 g/mol. The number of benzene rings is 2. The monoisotopic (exact) mass is 446 g/mol. The number of hydrogen-bond acceptors (Lipinski definition) is 7. The van der Waals surface area contributed by atoms with Gasteiger partial charge in [-0.25, -0.2) is 4.79 Å². The van der Waals surface area contributed by atoms with E-state index in [1.165, 1.54) is 0 Å². The first kappa shape index (κ1) is 21.7. The number of nitrogens with zero attached hydrogens (tertiary/aromatic N) is 2. The van der Waals surface area contributed by atoms with Gasteiger partial charge in [0.2, 0.25) is 5.91 Å². The number of rotatable bonds is 8. The second-order valence-electron chi connectivity index (χ2n) is 5.94. The minimum absolute atomic E-state index is 0.0262. The fourth-order valence-corrected chi connectivity index (χ4v) is 3.51. The topological polar surface area (TPSA) is 106 Å². The molecule has 2 aromatic carbocycles. The van der Waals surface area contributed by atoms with Crippen molar-refractivity contribution in [3.05, 3.63) is 71.1 Å². The molecule has 0 aliphatic heterocycles. The van der Waals surface area contributed by atoms with Crippen LogP contribution in [0.4, 0.5) is 4.79 Å². The molecule has 1 aromatic heterocycles. The minimum atomic E-state index is -0.758. The van der Waals surface area contributed by atoms with Crippen molar-refractivity contribution in [3.8, 4) is 5.75 Å². The summed E-state index contributed by atoms with van der Waals surface area (Å²) in [6, 6.07) is 15.5. The van der Waals surface area contributed by atoms with Gasteiger partial charge in [-0.2, -0.15) is 0 Å². The van der Waals surface area contributed by atoms with E-state index in [2.05, 4.69) is 20.8 Å². The molecule has 0 saturated heterocycles. The third kappa shape index (κ3) is 5.98. The Morgan fingerprint density at radius 3 is 2.60 bits per heavy atom. The SMILES string of the molecule is CCNC(=O)NC(=O)[C@H](Sc1nnc(COc2ccccc2Cl)o1)c1ccccc1. The van der Waals surface area contributed by atoms with Crippen LogP contribution in [0.15, 0.2) is 64.2 Å². The molecule has 2 N–H and O–H groups in total. The predicted molar refractivity (Wildman–Crippen MR) is 112 cm³/mol. The fourth-order valence-electron chi connectivity index (χ4n) is 2.43. The number of carbonyl (C=O) groups is 2. The Hall–Kier alpha value is -3.04. The number of urea groups is 1. The van der Waals surface area contributed by atoms with Crippen molar-refractivity contribution in [2.45, 2.75) is 24.0 Å². The molecule has 10 heteroatoms. The lowest BCUT2D eigenvalue weighted by Crippen LogP contribution is -2.41. The molecule has 0 aliphatic rings. The van der Waals surface area contributed by atoms with Crippen LogP contribution in [0.3, 0.4) is 0 Å². The van der Waals surface area contributed by atoms with Gasteiger partial charge in [0.05, 0.1) is 5.02 Å². The van der Waals surface area contributed by atoms with Crippen LogP contribution in [0, 0.1) is 0 Å². The highest BCUT2D eigenvalue weighted by Gasteiger charge is 2.26. The van der Waals surface area contributed by atoms with Crippen molar-refractivity contribution in [2.24, 2.45) is 0 Å². The normalized spacial score (nSPS) is 11.5. The highest BCUT2D eigenvalue weighted by atomic mass is 35.5. The summed E-state index contributed by atoms with van der Waals surface area (Å²) >= 11 is 7.10. The molecule has 3 rings (SSSR count). The van der Waals surface area contributed by atoms with Crippen LogP contribution in [0.1, 0.15) is 23.6 Å². The molecule has 0 unspecified atom stereocenters. The van der Waals surface area contributed by atoms with Gasteiger partial charge in [0.25, 0.3) is 11.1 Å². The number of hydrogen-bond donors (Lipinski definition) is 2. The first-order chi connectivity index (χ1) is 14.6. The molecule has 0 spiro atoms. The van der Waals surface area contributed by atoms with Gasteiger partial charge in [-0.3, -0.25) is 10.1 Å². The summed E-state index contributed by atoms with van der Waals surface area (Å²) in [7, 11) is 0. The van der Waals surface area contributed by atoms with E-state index in [9.17, 15) is 9.59 Å². The molecule has 0 saturated carbocycles. The molecular formula is C20H19ClN4O4S. The number of ether oxygens (including phenoxy) is 1. The summed E-state index contributed by atoms with van der Waals surface area (Å²) in [5.41, 5.74) is 0.691. The third-order valence-electron chi connectivity index (χ3n) is 3.77. The molecule has 0 radical (unpaired) electrons. The molecule has 3 amide bonds. The number of para-hydroxylation sites is 1. The Morgan fingerprint density at radius 2 is 1.87 bits per heavy atom. The first-order valence-electron chi connectivity index (χ1n) is 9.06. The van der Waals surface area contributed by atoms with Crippen molar-refractivity contribution >= 4 is 35.3 Å². The van der Waals surface area contributed by atoms with Crippen LogP contribution in [-0.2, 0) is 11.4 Å². The second-order valence-corrected chi connectivity index (χ2v) is 7.40. The Morgan fingerprint density at radius 1 is 1.13 bits per heavy atom. The van der Waals surface area contributed by atoms with Crippen LogP contribution in [0.2, 0.25) is 5.02 Å². The molecule has 0 bridgehead atoms. The summed E-state index contributed by atoms with van der Waals surface area (Å²) in [5.74, 6) is 0.229. The zero-order chi connectivity index (χ0) is 21.3. The lowest BCUT2D eigenvalue weighted by molar-refractivity contribution is -0.119. The maximum Gasteiger partial charge on any atom is 0.321 e. The largest absolute Gasteiger partial charge is 0.482 e. The molecule has 156 valence electrons. The van der Waals surface area contributed by atoms with Gasteiger partial charge in [-0.15, -0.1) is 10.2 Å². The van der Waals surface area contributed by atoms with Crippen LogP contribution >= 0.6 is 23.4 Å². The van der Waals surface area contributed by atoms with Gasteiger partial charge in [0.15, 0.2) is 6.61 Å². The number of nitrogens with one attached hydrogen (secondary N) is 2. The van der Waals surface area contributed by atoms with E-state index in [1.807, 2.05) is 6.07 Å². The predicted octanol–water partition coefficient (Wildman–Crippen LogP) is 3.98. The average Bonchev–Trinajstić information content (AvgIpc) is 3.19. The molecule has 1 atom stereocenters. The number of aromatic nitrogens is 2. The van der Waals surface area contributed by atoms with E-state index in [-0.39, 0.29) is 17.7 Å². The first-order valence-corrected chi connectivity index (χ1v) is 10.3. The van der Waals surface area contributed by atoms with Crippen molar-refractivity contribution in [3.63, 3.8) is 0 Å². The molecule has 1 heterocycles. The summed E-state index contributed by atoms with van der Waals surface area (Å²) in [6.07, 6.45) is 0. The van der Waals surface area contributed by atoms with Crippen molar-refractivity contribution in [1.29, 1.82) is 0 Å². The Bertz CT molecular complexity index is 999. The number of imide groups is 1. The van der Waals surface area contributed by atoms with E-state index < -0.39 is 17.2 Å². The quantitative estimate of drug-likeness (QED) is 0.504. The molecule has 30 heavy (non-hydrogen) atoms. The fraction of sp³-hybridized carbons (Fsp3) is 0.200. The van der Waals surface area contributed by atoms with Crippen LogP contribution in [0.5, 0.6) is 5.75 Å². The number of halogens is 1. The zero-order valence-corrected chi connectivity index (χ0v) is 17.6. The molecule has 3 aromatic rings. The number of thioether (sulfide) groups is 1. The highest BCUT2D eigenvalue weighted by Crippen LogP contribution is 2.35. The van der Waals surface area contributed by atoms with Gasteiger partial charge in [-0.1, -0.05) is 54.1 Å². The average molecular weight is 447 g/mol. The standard InChI is InChI=1S/C20H19ClN4O4S/c1-2-22-19(27)23-18(26)17(13-8-4-3-5-9-13)30-20-25-24-16(29-20)12-28-15-11-7-6-10-14(15)21/h3-11,17H,2,12H2,1H3,(H2,22,23,26,27)/t17-/m1/s1. The highest BCUT2D eigenvalue weighted by molar-refractivity contribution is 8.00. The summed E-state index contributed by atoms with van der Waals surface area (Å²) in [6.45, 7) is 2.19. The van der Waals surface area contributed by atoms with Crippen LogP contribution < -0.4 is 15.4 Å². The Kier molecular flexibility index (Phi) is 7.69. The Labute approximate surface area is 182 Å². The Balaban J connectivity index is 1.69. The summed E-state index contributed by atoms with van der Waals surface area (Å²) < 4.78 is 11.2. The van der Waals surface area contributed by atoms with Gasteiger partial charge >= 0.3 is 6.03 Å². The zero-order valence-electron chi connectivity index (χ0n) is 16.0. The van der Waals surface area contributed by atoms with Gasteiger partial charge in [-0.05, 0) is 36.4 Å². The summed E-state index contributed by atoms with van der Waals surface area (Å²) in [5, 5.41) is 12.6. The van der Waals surface area contributed by atoms with Crippen LogP contribution in [-0.4, -0.2) is 28.7 Å². The smallest absolute Gasteiger partial charge is 0.321 e. The van der Waals surface area contributed by atoms with E-state index in [1.54, 1.807) is 55.5 Å². The van der Waals surface area contributed by atoms with Crippen LogP contribution in [0.25, 0.3) is 0 Å². The van der Waals surface area contributed by atoms with Gasteiger partial charge in [0, 0.05) is 6.54 Å². The number of carbonyl (C=O) groups excluding carboxylic acids is 2. The molecule has 8 nitrogen and oxygen atoms in total. The van der Waals surface area contributed by atoms with Gasteiger partial charge in [0.1, 0.15) is 11.0 Å². The van der Waals surface area contributed by atoms with Crippen molar-refractivity contribution in [2.75, 3.05) is 6.54 Å². The third-order valence-corrected chi connectivity index (χ3v) is 5.17. The van der Waals surface area contributed by atoms with E-state index in [4.69, 9.17) is 20.8 Å². The maximum atomic E-state index is 12.7. The minimum Gasteiger partial charge on any atom is -0.482 e. The number of amides is 3. The lowest BCUT2D eigenvalue weighted by Gasteiger charge is -2.14. The van der Waals surface area contributed by atoms with E-state index in [0.717, 1.165) is 11.8 Å². The maximum absolute atomic E-state index is 12.7.